The lowest BCUT2D eigenvalue weighted by Gasteiger charge is -2.01. The van der Waals surface area contributed by atoms with Crippen LogP contribution in [0.2, 0.25) is 0 Å². The molecule has 3 heterocycles. The van der Waals surface area contributed by atoms with Gasteiger partial charge < -0.3 is 0 Å². The number of thiazole rings is 1. The zero-order valence-electron chi connectivity index (χ0n) is 10.8. The van der Waals surface area contributed by atoms with Gasteiger partial charge in [0.25, 0.3) is 0 Å². The lowest BCUT2D eigenvalue weighted by molar-refractivity contribution is 0.583. The normalized spacial score (nSPS) is 11.6. The number of nitrogens with one attached hydrogen (secondary N) is 1. The molecule has 3 aromatic heterocycles. The number of thiophene rings is 1. The van der Waals surface area contributed by atoms with E-state index >= 15 is 0 Å². The molecule has 3 aromatic rings. The van der Waals surface area contributed by atoms with Crippen molar-refractivity contribution in [1.82, 2.24) is 14.7 Å². The Hall–Kier alpha value is -1.61. The number of hydrogen-bond acceptors (Lipinski definition) is 6. The molecular formula is C13H11N3O2S3. The van der Waals surface area contributed by atoms with Crippen molar-refractivity contribution in [3.05, 3.63) is 52.4 Å². The minimum atomic E-state index is -3.45. The van der Waals surface area contributed by atoms with Crippen LogP contribution in [0.4, 0.5) is 0 Å². The van der Waals surface area contributed by atoms with Gasteiger partial charge >= 0.3 is 0 Å². The quantitative estimate of drug-likeness (QED) is 0.777. The molecule has 0 aliphatic rings. The summed E-state index contributed by atoms with van der Waals surface area (Å²) in [6, 6.07) is 7.03. The number of rotatable bonds is 5. The zero-order chi connectivity index (χ0) is 14.7. The lowest BCUT2D eigenvalue weighted by atomic mass is 10.2. The van der Waals surface area contributed by atoms with Gasteiger partial charge in [-0.25, -0.2) is 18.1 Å². The molecule has 5 nitrogen and oxygen atoms in total. The van der Waals surface area contributed by atoms with Crippen LogP contribution in [0.25, 0.3) is 11.3 Å². The summed E-state index contributed by atoms with van der Waals surface area (Å²) in [6.45, 7) is 0.190. The van der Waals surface area contributed by atoms with Gasteiger partial charge in [0.2, 0.25) is 10.0 Å². The van der Waals surface area contributed by atoms with E-state index in [-0.39, 0.29) is 6.54 Å². The van der Waals surface area contributed by atoms with Gasteiger partial charge in [0, 0.05) is 23.3 Å². The molecule has 0 fully saturated rings. The molecule has 0 bridgehead atoms. The van der Waals surface area contributed by atoms with Gasteiger partial charge in [0.1, 0.15) is 9.22 Å². The van der Waals surface area contributed by atoms with Crippen LogP contribution < -0.4 is 4.72 Å². The second-order valence-electron chi connectivity index (χ2n) is 4.12. The smallest absolute Gasteiger partial charge is 0.250 e. The number of nitrogens with zero attached hydrogens (tertiary/aromatic N) is 2. The molecule has 1 N–H and O–H groups in total. The van der Waals surface area contributed by atoms with E-state index in [1.807, 2.05) is 17.5 Å². The molecule has 0 atom stereocenters. The monoisotopic (exact) mass is 337 g/mol. The molecule has 8 heteroatoms. The third-order valence-corrected chi connectivity index (χ3v) is 6.35. The summed E-state index contributed by atoms with van der Waals surface area (Å²) in [7, 11) is -3.45. The highest BCUT2D eigenvalue weighted by Gasteiger charge is 2.15. The van der Waals surface area contributed by atoms with E-state index < -0.39 is 10.0 Å². The maximum atomic E-state index is 12.0. The summed E-state index contributed by atoms with van der Waals surface area (Å²) in [5.74, 6) is 0. The Morgan fingerprint density at radius 3 is 2.67 bits per heavy atom. The van der Waals surface area contributed by atoms with Crippen LogP contribution in [0.1, 0.15) is 5.01 Å². The summed E-state index contributed by atoms with van der Waals surface area (Å²) < 4.78 is 26.9. The van der Waals surface area contributed by atoms with Gasteiger partial charge in [-0.15, -0.1) is 22.7 Å². The van der Waals surface area contributed by atoms with E-state index in [0.29, 0.717) is 4.21 Å². The highest BCUT2D eigenvalue weighted by atomic mass is 32.2. The van der Waals surface area contributed by atoms with Crippen molar-refractivity contribution in [2.75, 3.05) is 0 Å². The molecule has 108 valence electrons. The standard InChI is InChI=1S/C13H11N3O2S3/c17-21(18,13-2-1-7-19-13)15-8-12-16-11(9-20-12)10-3-5-14-6-4-10/h1-7,9,15H,8H2. The van der Waals surface area contributed by atoms with Crippen LogP contribution in [0.15, 0.2) is 51.6 Å². The second kappa shape index (κ2) is 6.02. The first-order valence-corrected chi connectivity index (χ1v) is 9.27. The topological polar surface area (TPSA) is 72.0 Å². The largest absolute Gasteiger partial charge is 0.265 e. The first-order valence-electron chi connectivity index (χ1n) is 6.03. The van der Waals surface area contributed by atoms with Gasteiger partial charge in [0.15, 0.2) is 0 Å². The molecular weight excluding hydrogens is 326 g/mol. The van der Waals surface area contributed by atoms with Crippen molar-refractivity contribution in [2.45, 2.75) is 10.8 Å². The van der Waals surface area contributed by atoms with E-state index in [1.165, 1.54) is 22.7 Å². The Kier molecular flexibility index (Phi) is 4.11. The van der Waals surface area contributed by atoms with E-state index in [1.54, 1.807) is 29.9 Å². The van der Waals surface area contributed by atoms with Gasteiger partial charge in [-0.3, -0.25) is 4.98 Å². The van der Waals surface area contributed by atoms with Crippen molar-refractivity contribution in [2.24, 2.45) is 0 Å². The van der Waals surface area contributed by atoms with Crippen molar-refractivity contribution < 1.29 is 8.42 Å². The summed E-state index contributed by atoms with van der Waals surface area (Å²) in [6.07, 6.45) is 3.40. The summed E-state index contributed by atoms with van der Waals surface area (Å²) in [4.78, 5) is 8.39. The maximum absolute atomic E-state index is 12.0. The zero-order valence-corrected chi connectivity index (χ0v) is 13.2. The average Bonchev–Trinajstić information content (AvgIpc) is 3.18. The van der Waals surface area contributed by atoms with Crippen molar-refractivity contribution >= 4 is 32.7 Å². The SMILES string of the molecule is O=S(=O)(NCc1nc(-c2ccncc2)cs1)c1cccs1. The fourth-order valence-corrected chi connectivity index (χ4v) is 4.55. The molecule has 0 aromatic carbocycles. The second-order valence-corrected chi connectivity index (χ2v) is 8.00. The predicted molar refractivity (Wildman–Crippen MR) is 83.7 cm³/mol. The van der Waals surface area contributed by atoms with Gasteiger partial charge in [-0.05, 0) is 23.6 Å². The van der Waals surface area contributed by atoms with Gasteiger partial charge in [-0.1, -0.05) is 6.07 Å². The minimum absolute atomic E-state index is 0.190. The van der Waals surface area contributed by atoms with E-state index in [2.05, 4.69) is 14.7 Å². The predicted octanol–water partition coefficient (Wildman–Crippen LogP) is 2.75. The number of sulfonamides is 1. The minimum Gasteiger partial charge on any atom is -0.265 e. The molecule has 0 saturated carbocycles. The third-order valence-electron chi connectivity index (χ3n) is 2.70. The maximum Gasteiger partial charge on any atom is 0.250 e. The van der Waals surface area contributed by atoms with Crippen LogP contribution in [-0.2, 0) is 16.6 Å². The third kappa shape index (κ3) is 3.35. The van der Waals surface area contributed by atoms with Crippen LogP contribution in [0.5, 0.6) is 0 Å². The molecule has 0 unspecified atom stereocenters. The van der Waals surface area contributed by atoms with E-state index in [4.69, 9.17) is 0 Å². The number of pyridine rings is 1. The van der Waals surface area contributed by atoms with Crippen molar-refractivity contribution in [3.8, 4) is 11.3 Å². The molecule has 0 aliphatic carbocycles. The Labute approximate surface area is 130 Å². The van der Waals surface area contributed by atoms with Crippen molar-refractivity contribution in [1.29, 1.82) is 0 Å². The number of aromatic nitrogens is 2. The first kappa shape index (κ1) is 14.3. The molecule has 21 heavy (non-hydrogen) atoms. The van der Waals surface area contributed by atoms with Crippen LogP contribution >= 0.6 is 22.7 Å². The van der Waals surface area contributed by atoms with Crippen LogP contribution in [0, 0.1) is 0 Å². The van der Waals surface area contributed by atoms with E-state index in [0.717, 1.165) is 16.3 Å². The molecule has 0 aliphatic heterocycles. The molecule has 0 amide bonds. The summed E-state index contributed by atoms with van der Waals surface area (Å²) >= 11 is 2.62. The van der Waals surface area contributed by atoms with Gasteiger partial charge in [-0.2, -0.15) is 0 Å². The highest BCUT2D eigenvalue weighted by Crippen LogP contribution is 2.22. The molecule has 0 radical (unpaired) electrons. The average molecular weight is 337 g/mol. The van der Waals surface area contributed by atoms with Crippen LogP contribution in [-0.4, -0.2) is 18.4 Å². The Morgan fingerprint density at radius 1 is 1.14 bits per heavy atom. The molecule has 3 rings (SSSR count). The van der Waals surface area contributed by atoms with Crippen LogP contribution in [0.3, 0.4) is 0 Å². The molecule has 0 saturated heterocycles. The summed E-state index contributed by atoms with van der Waals surface area (Å²) in [5.41, 5.74) is 1.79. The van der Waals surface area contributed by atoms with Crippen molar-refractivity contribution in [3.63, 3.8) is 0 Å². The number of hydrogen-bond donors (Lipinski definition) is 1. The van der Waals surface area contributed by atoms with Gasteiger partial charge in [0.05, 0.1) is 12.2 Å². The first-order chi connectivity index (χ1) is 10.1. The fourth-order valence-electron chi connectivity index (χ4n) is 1.69. The fraction of sp³-hybridized carbons (Fsp3) is 0.0769. The van der Waals surface area contributed by atoms with E-state index in [9.17, 15) is 8.42 Å². The Morgan fingerprint density at radius 2 is 1.95 bits per heavy atom. The molecule has 0 spiro atoms. The highest BCUT2D eigenvalue weighted by molar-refractivity contribution is 7.91. The Balaban J connectivity index is 1.71. The lowest BCUT2D eigenvalue weighted by Crippen LogP contribution is -2.22. The Bertz CT molecular complexity index is 811. The summed E-state index contributed by atoms with van der Waals surface area (Å²) in [5, 5.41) is 4.37.